The second-order valence-electron chi connectivity index (χ2n) is 8.82. The molecule has 0 atom stereocenters. The van der Waals surface area contributed by atoms with Gasteiger partial charge in [0.2, 0.25) is 0 Å². The van der Waals surface area contributed by atoms with Crippen LogP contribution in [0.4, 0.5) is 0 Å². The van der Waals surface area contributed by atoms with E-state index >= 15 is 0 Å². The summed E-state index contributed by atoms with van der Waals surface area (Å²) in [6.07, 6.45) is 3.26. The average molecular weight is 383 g/mol. The van der Waals surface area contributed by atoms with Gasteiger partial charge in [0.1, 0.15) is 28.5 Å². The number of rotatable bonds is 5. The largest absolute Gasteiger partial charge is 0.508 e. The molecule has 150 valence electrons. The Bertz CT molecular complexity index is 826. The second kappa shape index (κ2) is 8.09. The van der Waals surface area contributed by atoms with Crippen molar-refractivity contribution in [3.05, 3.63) is 59.2 Å². The number of hydrogen-bond donors (Lipinski definition) is 1. The third-order valence-electron chi connectivity index (χ3n) is 3.75. The fourth-order valence-corrected chi connectivity index (χ4v) is 2.54. The zero-order chi connectivity index (χ0) is 21.1. The number of hydrogen-bond acceptors (Lipinski definition) is 4. The highest BCUT2D eigenvalue weighted by Gasteiger charge is 2.19. The van der Waals surface area contributed by atoms with Crippen LogP contribution in [0.3, 0.4) is 0 Å². The molecule has 1 N–H and O–H groups in total. The topological polar surface area (TPSA) is 55.8 Å². The Morgan fingerprint density at radius 1 is 0.893 bits per heavy atom. The highest BCUT2D eigenvalue weighted by Crippen LogP contribution is 2.34. The maximum atomic E-state index is 12.4. The highest BCUT2D eigenvalue weighted by molar-refractivity contribution is 6.06. The van der Waals surface area contributed by atoms with Crippen LogP contribution >= 0.6 is 0 Å². The van der Waals surface area contributed by atoms with Crippen LogP contribution in [0.2, 0.25) is 0 Å². The van der Waals surface area contributed by atoms with Gasteiger partial charge in [-0.2, -0.15) is 0 Å². The van der Waals surface area contributed by atoms with Crippen LogP contribution in [0.1, 0.15) is 63.0 Å². The standard InChI is InChI=1S/C24H30O4/c1-16-21(27-23(2,3)4)14-17(15-22(16)28-24(5,6)7)8-13-20(26)18-9-11-19(25)12-10-18/h8-15,25H,1-7H3/b13-8+. The summed E-state index contributed by atoms with van der Waals surface area (Å²) in [5.74, 6) is 1.45. The molecule has 0 aliphatic carbocycles. The molecule has 2 aromatic carbocycles. The summed E-state index contributed by atoms with van der Waals surface area (Å²) in [7, 11) is 0. The van der Waals surface area contributed by atoms with E-state index in [9.17, 15) is 9.90 Å². The SMILES string of the molecule is Cc1c(OC(C)(C)C)cc(/C=C/C(=O)c2ccc(O)cc2)cc1OC(C)(C)C. The molecule has 0 aromatic heterocycles. The molecule has 0 amide bonds. The van der Waals surface area contributed by atoms with E-state index < -0.39 is 0 Å². The lowest BCUT2D eigenvalue weighted by Gasteiger charge is -2.27. The lowest BCUT2D eigenvalue weighted by molar-refractivity contribution is 0.104. The Morgan fingerprint density at radius 3 is 1.79 bits per heavy atom. The summed E-state index contributed by atoms with van der Waals surface area (Å²) in [6, 6.07) is 10.0. The lowest BCUT2D eigenvalue weighted by atomic mass is 10.1. The number of phenolic OH excluding ortho intramolecular Hbond substituents is 1. The first-order chi connectivity index (χ1) is 12.8. The van der Waals surface area contributed by atoms with Crippen LogP contribution in [-0.2, 0) is 0 Å². The molecule has 0 aliphatic heterocycles. The smallest absolute Gasteiger partial charge is 0.185 e. The molecule has 0 saturated carbocycles. The number of phenols is 1. The lowest BCUT2D eigenvalue weighted by Crippen LogP contribution is -2.25. The van der Waals surface area contributed by atoms with Crippen molar-refractivity contribution in [3.8, 4) is 17.2 Å². The number of ketones is 1. The molecule has 0 saturated heterocycles. The quantitative estimate of drug-likeness (QED) is 0.513. The first kappa shape index (κ1) is 21.5. The van der Waals surface area contributed by atoms with Crippen molar-refractivity contribution in [3.63, 3.8) is 0 Å². The molecule has 2 rings (SSSR count). The summed E-state index contributed by atoms with van der Waals surface area (Å²) < 4.78 is 12.2. The van der Waals surface area contributed by atoms with E-state index in [1.807, 2.05) is 60.6 Å². The van der Waals surface area contributed by atoms with Gasteiger partial charge < -0.3 is 14.6 Å². The van der Waals surface area contributed by atoms with E-state index in [0.717, 1.165) is 22.6 Å². The predicted octanol–water partition coefficient (Wildman–Crippen LogP) is 5.95. The molecule has 0 bridgehead atoms. The van der Waals surface area contributed by atoms with Crippen molar-refractivity contribution in [2.24, 2.45) is 0 Å². The molecule has 0 spiro atoms. The van der Waals surface area contributed by atoms with Crippen LogP contribution in [0, 0.1) is 6.92 Å². The zero-order valence-electron chi connectivity index (χ0n) is 17.8. The van der Waals surface area contributed by atoms with Gasteiger partial charge in [0.15, 0.2) is 5.78 Å². The first-order valence-electron chi connectivity index (χ1n) is 9.38. The van der Waals surface area contributed by atoms with Crippen molar-refractivity contribution in [1.82, 2.24) is 0 Å². The van der Waals surface area contributed by atoms with E-state index in [-0.39, 0.29) is 22.7 Å². The fourth-order valence-electron chi connectivity index (χ4n) is 2.54. The Kier molecular flexibility index (Phi) is 6.23. The third kappa shape index (κ3) is 6.45. The maximum absolute atomic E-state index is 12.4. The van der Waals surface area contributed by atoms with Gasteiger partial charge in [-0.1, -0.05) is 6.08 Å². The molecule has 28 heavy (non-hydrogen) atoms. The van der Waals surface area contributed by atoms with Gasteiger partial charge in [-0.3, -0.25) is 4.79 Å². The number of ether oxygens (including phenoxy) is 2. The Balaban J connectivity index is 2.38. The van der Waals surface area contributed by atoms with Crippen LogP contribution in [0.25, 0.3) is 6.08 Å². The molecule has 0 radical (unpaired) electrons. The number of benzene rings is 2. The first-order valence-corrected chi connectivity index (χ1v) is 9.38. The van der Waals surface area contributed by atoms with Gasteiger partial charge in [0, 0.05) is 11.1 Å². The summed E-state index contributed by atoms with van der Waals surface area (Å²) in [5.41, 5.74) is 1.55. The van der Waals surface area contributed by atoms with Crippen LogP contribution < -0.4 is 9.47 Å². The van der Waals surface area contributed by atoms with E-state index in [2.05, 4.69) is 0 Å². The second-order valence-corrected chi connectivity index (χ2v) is 8.82. The molecule has 0 fully saturated rings. The predicted molar refractivity (Wildman–Crippen MR) is 113 cm³/mol. The molecule has 0 unspecified atom stereocenters. The number of aromatic hydroxyl groups is 1. The van der Waals surface area contributed by atoms with Gasteiger partial charge in [-0.15, -0.1) is 0 Å². The van der Waals surface area contributed by atoms with Crippen molar-refractivity contribution >= 4 is 11.9 Å². The van der Waals surface area contributed by atoms with Gasteiger partial charge in [0.25, 0.3) is 0 Å². The average Bonchev–Trinajstić information content (AvgIpc) is 2.54. The molecule has 0 heterocycles. The molecule has 4 nitrogen and oxygen atoms in total. The van der Waals surface area contributed by atoms with Crippen LogP contribution in [0.5, 0.6) is 17.2 Å². The van der Waals surface area contributed by atoms with Gasteiger partial charge >= 0.3 is 0 Å². The van der Waals surface area contributed by atoms with E-state index in [1.54, 1.807) is 18.2 Å². The Morgan fingerprint density at radius 2 is 1.36 bits per heavy atom. The number of carbonyl (C=O) groups is 1. The minimum Gasteiger partial charge on any atom is -0.508 e. The molecule has 0 aliphatic rings. The van der Waals surface area contributed by atoms with E-state index in [1.165, 1.54) is 18.2 Å². The van der Waals surface area contributed by atoms with Gasteiger partial charge in [-0.25, -0.2) is 0 Å². The van der Waals surface area contributed by atoms with Gasteiger partial charge in [-0.05, 0) is 96.5 Å². The van der Waals surface area contributed by atoms with Crippen molar-refractivity contribution in [1.29, 1.82) is 0 Å². The number of allylic oxidation sites excluding steroid dienone is 1. The highest BCUT2D eigenvalue weighted by atomic mass is 16.5. The molecular weight excluding hydrogens is 352 g/mol. The fraction of sp³-hybridized carbons (Fsp3) is 0.375. The van der Waals surface area contributed by atoms with Crippen LogP contribution in [-0.4, -0.2) is 22.1 Å². The Labute approximate surface area is 167 Å². The Hall–Kier alpha value is -2.75. The van der Waals surface area contributed by atoms with E-state index in [4.69, 9.17) is 9.47 Å². The summed E-state index contributed by atoms with van der Waals surface area (Å²) in [5, 5.41) is 9.36. The third-order valence-corrected chi connectivity index (χ3v) is 3.75. The van der Waals surface area contributed by atoms with E-state index in [0.29, 0.717) is 5.56 Å². The molecule has 4 heteroatoms. The normalized spacial score (nSPS) is 12.2. The number of carbonyl (C=O) groups excluding carboxylic acids is 1. The molecular formula is C24H30O4. The van der Waals surface area contributed by atoms with Crippen molar-refractivity contribution in [2.75, 3.05) is 0 Å². The minimum atomic E-state index is -0.353. The molecule has 2 aromatic rings. The van der Waals surface area contributed by atoms with Crippen LogP contribution in [0.15, 0.2) is 42.5 Å². The van der Waals surface area contributed by atoms with Crippen molar-refractivity contribution in [2.45, 2.75) is 59.7 Å². The summed E-state index contributed by atoms with van der Waals surface area (Å²) in [6.45, 7) is 13.9. The zero-order valence-corrected chi connectivity index (χ0v) is 17.8. The van der Waals surface area contributed by atoms with Crippen molar-refractivity contribution < 1.29 is 19.4 Å². The van der Waals surface area contributed by atoms with Gasteiger partial charge in [0.05, 0.1) is 0 Å². The maximum Gasteiger partial charge on any atom is 0.185 e. The summed E-state index contributed by atoms with van der Waals surface area (Å²) >= 11 is 0. The minimum absolute atomic E-state index is 0.131. The summed E-state index contributed by atoms with van der Waals surface area (Å²) in [4.78, 5) is 12.4. The monoisotopic (exact) mass is 382 g/mol.